The number of halogens is 3. The van der Waals surface area contributed by atoms with Crippen LogP contribution in [0.25, 0.3) is 0 Å². The molecule has 2 aromatic rings. The van der Waals surface area contributed by atoms with Gasteiger partial charge in [-0.2, -0.15) is 4.39 Å². The molecule has 0 aliphatic carbocycles. The predicted molar refractivity (Wildman–Crippen MR) is 66.6 cm³/mol. The highest BCUT2D eigenvalue weighted by Gasteiger charge is 2.11. The van der Waals surface area contributed by atoms with Crippen LogP contribution in [0.3, 0.4) is 0 Å². The second-order valence-corrected chi connectivity index (χ2v) is 4.10. The first-order valence-electron chi connectivity index (χ1n) is 5.90. The number of amides is 1. The monoisotopic (exact) mass is 280 g/mol. The number of rotatable bonds is 4. The van der Waals surface area contributed by atoms with Crippen molar-refractivity contribution in [3.05, 3.63) is 65.2 Å². The summed E-state index contributed by atoms with van der Waals surface area (Å²) in [5.74, 6) is -3.31. The molecule has 104 valence electrons. The van der Waals surface area contributed by atoms with E-state index in [1.54, 1.807) is 0 Å². The molecule has 1 amide bonds. The maximum atomic E-state index is 13.2. The van der Waals surface area contributed by atoms with Crippen molar-refractivity contribution in [3.63, 3.8) is 0 Å². The molecule has 2 rings (SSSR count). The molecule has 0 aliphatic heterocycles. The summed E-state index contributed by atoms with van der Waals surface area (Å²) in [5.41, 5.74) is 0.383. The molecule has 0 bridgehead atoms. The minimum Gasteiger partial charge on any atom is -0.352 e. The van der Waals surface area contributed by atoms with E-state index in [1.807, 2.05) is 0 Å². The van der Waals surface area contributed by atoms with Gasteiger partial charge in [-0.15, -0.1) is 0 Å². The van der Waals surface area contributed by atoms with Crippen molar-refractivity contribution in [1.29, 1.82) is 0 Å². The van der Waals surface area contributed by atoms with E-state index >= 15 is 0 Å². The summed E-state index contributed by atoms with van der Waals surface area (Å²) in [7, 11) is 0. The van der Waals surface area contributed by atoms with Gasteiger partial charge >= 0.3 is 0 Å². The third-order valence-corrected chi connectivity index (χ3v) is 2.69. The van der Waals surface area contributed by atoms with Crippen molar-refractivity contribution in [3.8, 4) is 0 Å². The van der Waals surface area contributed by atoms with E-state index in [0.29, 0.717) is 12.0 Å². The van der Waals surface area contributed by atoms with Crippen molar-refractivity contribution >= 4 is 5.91 Å². The van der Waals surface area contributed by atoms with E-state index in [0.717, 1.165) is 12.1 Å². The molecule has 0 aliphatic rings. The number of nitrogens with one attached hydrogen (secondary N) is 1. The molecular weight excluding hydrogens is 269 g/mol. The lowest BCUT2D eigenvalue weighted by atomic mass is 10.1. The third-order valence-electron chi connectivity index (χ3n) is 2.69. The summed E-state index contributed by atoms with van der Waals surface area (Å²) < 4.78 is 38.9. The van der Waals surface area contributed by atoms with Gasteiger partial charge in [0.2, 0.25) is 5.95 Å². The Balaban J connectivity index is 1.91. The van der Waals surface area contributed by atoms with Crippen molar-refractivity contribution in [2.75, 3.05) is 6.54 Å². The average molecular weight is 280 g/mol. The number of carbonyl (C=O) groups is 1. The summed E-state index contributed by atoms with van der Waals surface area (Å²) >= 11 is 0. The Labute approximate surface area is 113 Å². The zero-order valence-corrected chi connectivity index (χ0v) is 10.4. The molecule has 0 unspecified atom stereocenters. The molecule has 0 spiro atoms. The van der Waals surface area contributed by atoms with Crippen molar-refractivity contribution in [1.82, 2.24) is 10.3 Å². The van der Waals surface area contributed by atoms with Gasteiger partial charge in [-0.25, -0.2) is 13.8 Å². The molecule has 20 heavy (non-hydrogen) atoms. The molecule has 0 saturated heterocycles. The first-order chi connectivity index (χ1) is 9.58. The molecule has 1 aromatic heterocycles. The Morgan fingerprint density at radius 2 is 1.95 bits per heavy atom. The standard InChI is InChI=1S/C14H11F3N2O/c15-11-4-3-9(8-12(11)16)5-7-19-14(20)10-2-1-6-18-13(10)17/h1-4,6,8H,5,7H2,(H,19,20). The van der Waals surface area contributed by atoms with Crippen LogP contribution in [0.2, 0.25) is 0 Å². The number of aromatic nitrogens is 1. The van der Waals surface area contributed by atoms with Gasteiger partial charge in [-0.1, -0.05) is 6.07 Å². The van der Waals surface area contributed by atoms with Gasteiger partial charge in [0.05, 0.1) is 5.56 Å². The van der Waals surface area contributed by atoms with Crippen molar-refractivity contribution in [2.45, 2.75) is 6.42 Å². The number of carbonyl (C=O) groups excluding carboxylic acids is 1. The number of pyridine rings is 1. The lowest BCUT2D eigenvalue weighted by Crippen LogP contribution is -2.26. The van der Waals surface area contributed by atoms with Gasteiger partial charge in [-0.3, -0.25) is 4.79 Å². The number of hydrogen-bond donors (Lipinski definition) is 1. The lowest BCUT2D eigenvalue weighted by Gasteiger charge is -2.06. The maximum Gasteiger partial charge on any atom is 0.255 e. The maximum absolute atomic E-state index is 13.2. The molecule has 1 N–H and O–H groups in total. The molecular formula is C14H11F3N2O. The highest BCUT2D eigenvalue weighted by Crippen LogP contribution is 2.09. The Morgan fingerprint density at radius 3 is 2.65 bits per heavy atom. The van der Waals surface area contributed by atoms with Crippen LogP contribution in [0, 0.1) is 17.6 Å². The lowest BCUT2D eigenvalue weighted by molar-refractivity contribution is 0.0949. The summed E-state index contributed by atoms with van der Waals surface area (Å²) in [6, 6.07) is 6.28. The van der Waals surface area contributed by atoms with E-state index in [4.69, 9.17) is 0 Å². The van der Waals surface area contributed by atoms with Crippen LogP contribution < -0.4 is 5.32 Å². The van der Waals surface area contributed by atoms with Crippen LogP contribution >= 0.6 is 0 Å². The van der Waals surface area contributed by atoms with Crippen LogP contribution in [0.4, 0.5) is 13.2 Å². The van der Waals surface area contributed by atoms with Crippen LogP contribution in [0.1, 0.15) is 15.9 Å². The van der Waals surface area contributed by atoms with Gasteiger partial charge in [0.1, 0.15) is 0 Å². The summed E-state index contributed by atoms with van der Waals surface area (Å²) in [5, 5.41) is 2.49. The molecule has 3 nitrogen and oxygen atoms in total. The first-order valence-corrected chi connectivity index (χ1v) is 5.90. The third kappa shape index (κ3) is 3.34. The Kier molecular flexibility index (Phi) is 4.34. The van der Waals surface area contributed by atoms with Gasteiger partial charge in [0.15, 0.2) is 11.6 Å². The van der Waals surface area contributed by atoms with Gasteiger partial charge in [0.25, 0.3) is 5.91 Å². The molecule has 0 saturated carbocycles. The minimum atomic E-state index is -0.938. The van der Waals surface area contributed by atoms with Gasteiger partial charge in [0, 0.05) is 12.7 Å². The zero-order chi connectivity index (χ0) is 14.5. The highest BCUT2D eigenvalue weighted by atomic mass is 19.2. The van der Waals surface area contributed by atoms with E-state index < -0.39 is 23.5 Å². The Hall–Kier alpha value is -2.37. The largest absolute Gasteiger partial charge is 0.352 e. The molecule has 0 atom stereocenters. The van der Waals surface area contributed by atoms with Crippen molar-refractivity contribution in [2.24, 2.45) is 0 Å². The molecule has 1 heterocycles. The molecule has 0 radical (unpaired) electrons. The van der Waals surface area contributed by atoms with Crippen LogP contribution in [0.5, 0.6) is 0 Å². The van der Waals surface area contributed by atoms with E-state index in [9.17, 15) is 18.0 Å². The first kappa shape index (κ1) is 14.0. The zero-order valence-electron chi connectivity index (χ0n) is 10.4. The fourth-order valence-corrected chi connectivity index (χ4v) is 1.67. The number of hydrogen-bond acceptors (Lipinski definition) is 2. The Bertz CT molecular complexity index is 632. The smallest absolute Gasteiger partial charge is 0.255 e. The van der Waals surface area contributed by atoms with Crippen LogP contribution in [-0.2, 0) is 6.42 Å². The minimum absolute atomic E-state index is 0.155. The fraction of sp³-hybridized carbons (Fsp3) is 0.143. The fourth-order valence-electron chi connectivity index (χ4n) is 1.67. The van der Waals surface area contributed by atoms with Gasteiger partial charge in [-0.05, 0) is 36.2 Å². The second-order valence-electron chi connectivity index (χ2n) is 4.10. The summed E-state index contributed by atoms with van der Waals surface area (Å²) in [4.78, 5) is 15.0. The van der Waals surface area contributed by atoms with Crippen LogP contribution in [0.15, 0.2) is 36.5 Å². The topological polar surface area (TPSA) is 42.0 Å². The van der Waals surface area contributed by atoms with Gasteiger partial charge < -0.3 is 5.32 Å². The molecule has 1 aromatic carbocycles. The molecule has 6 heteroatoms. The van der Waals surface area contributed by atoms with Crippen LogP contribution in [-0.4, -0.2) is 17.4 Å². The quantitative estimate of drug-likeness (QED) is 0.874. The summed E-state index contributed by atoms with van der Waals surface area (Å²) in [6.07, 6.45) is 1.55. The normalized spacial score (nSPS) is 10.3. The molecule has 0 fully saturated rings. The highest BCUT2D eigenvalue weighted by molar-refractivity contribution is 5.94. The SMILES string of the molecule is O=C(NCCc1ccc(F)c(F)c1)c1cccnc1F. The number of benzene rings is 1. The second kappa shape index (κ2) is 6.18. The summed E-state index contributed by atoms with van der Waals surface area (Å²) in [6.45, 7) is 0.179. The predicted octanol–water partition coefficient (Wildman–Crippen LogP) is 2.47. The van der Waals surface area contributed by atoms with E-state index in [-0.39, 0.29) is 12.1 Å². The average Bonchev–Trinajstić information content (AvgIpc) is 2.43. The van der Waals surface area contributed by atoms with E-state index in [2.05, 4.69) is 10.3 Å². The Morgan fingerprint density at radius 1 is 1.15 bits per heavy atom. The van der Waals surface area contributed by atoms with E-state index in [1.165, 1.54) is 24.4 Å². The number of nitrogens with zero attached hydrogens (tertiary/aromatic N) is 1. The van der Waals surface area contributed by atoms with Crippen molar-refractivity contribution < 1.29 is 18.0 Å².